The number of ether oxygens (including phenoxy) is 2. The first-order valence-corrected chi connectivity index (χ1v) is 15.3. The number of hydrogen-bond donors (Lipinski definition) is 0. The van der Waals surface area contributed by atoms with Crippen LogP contribution in [-0.4, -0.2) is 50.5 Å². The second-order valence-corrected chi connectivity index (χ2v) is 10.7. The zero-order valence-corrected chi connectivity index (χ0v) is 23.5. The normalized spacial score (nSPS) is 19.0. The zero-order valence-electron chi connectivity index (χ0n) is 23.5. The van der Waals surface area contributed by atoms with Gasteiger partial charge in [-0.05, 0) is 45.6 Å². The average Bonchev–Trinajstić information content (AvgIpc) is 3.19. The molecule has 0 aliphatic carbocycles. The highest BCUT2D eigenvalue weighted by atomic mass is 16.5. The molecule has 1 aliphatic rings. The fourth-order valence-electron chi connectivity index (χ4n) is 4.95. The summed E-state index contributed by atoms with van der Waals surface area (Å²) in [4.78, 5) is 2.36. The highest BCUT2D eigenvalue weighted by Gasteiger charge is 2.32. The van der Waals surface area contributed by atoms with Crippen molar-refractivity contribution in [1.29, 1.82) is 0 Å². The van der Waals surface area contributed by atoms with Crippen molar-refractivity contribution in [2.24, 2.45) is 0 Å². The smallest absolute Gasteiger partial charge is 0.0975 e. The van der Waals surface area contributed by atoms with Gasteiger partial charge in [0.25, 0.3) is 0 Å². The Morgan fingerprint density at radius 1 is 0.529 bits per heavy atom. The van der Waals surface area contributed by atoms with Crippen LogP contribution in [0, 0.1) is 0 Å². The molecule has 1 saturated heterocycles. The predicted molar refractivity (Wildman–Crippen MR) is 150 cm³/mol. The summed E-state index contributed by atoms with van der Waals surface area (Å²) in [5.41, 5.74) is 0. The van der Waals surface area contributed by atoms with Crippen LogP contribution < -0.4 is 0 Å². The van der Waals surface area contributed by atoms with E-state index in [1.54, 1.807) is 0 Å². The Morgan fingerprint density at radius 2 is 0.882 bits per heavy atom. The molecule has 0 N–H and O–H groups in total. The molecule has 3 heteroatoms. The van der Waals surface area contributed by atoms with E-state index < -0.39 is 0 Å². The highest BCUT2D eigenvalue weighted by Crippen LogP contribution is 2.17. The number of rotatable bonds is 25. The van der Waals surface area contributed by atoms with Gasteiger partial charge in [0.05, 0.1) is 12.2 Å². The maximum absolute atomic E-state index is 6.24. The van der Waals surface area contributed by atoms with Gasteiger partial charge in [-0.2, -0.15) is 0 Å². The monoisotopic (exact) mass is 479 g/mol. The molecule has 3 nitrogen and oxygen atoms in total. The average molecular weight is 480 g/mol. The molecular formula is C31H61NO2. The van der Waals surface area contributed by atoms with E-state index >= 15 is 0 Å². The molecule has 1 fully saturated rings. The summed E-state index contributed by atoms with van der Waals surface area (Å²) >= 11 is 0. The van der Waals surface area contributed by atoms with Crippen LogP contribution in [0.2, 0.25) is 0 Å². The Labute approximate surface area is 214 Å². The van der Waals surface area contributed by atoms with E-state index in [1.807, 2.05) is 0 Å². The fourth-order valence-corrected chi connectivity index (χ4v) is 4.95. The first kappa shape index (κ1) is 31.6. The van der Waals surface area contributed by atoms with E-state index in [0.717, 1.165) is 26.3 Å². The summed E-state index contributed by atoms with van der Waals surface area (Å²) in [6, 6.07) is 0. The van der Waals surface area contributed by atoms with E-state index in [2.05, 4.69) is 37.9 Å². The first-order chi connectivity index (χ1) is 16.8. The van der Waals surface area contributed by atoms with E-state index in [9.17, 15) is 0 Å². The lowest BCUT2D eigenvalue weighted by Crippen LogP contribution is -2.30. The number of allylic oxidation sites excluding steroid dienone is 2. The number of unbranched alkanes of at least 4 members (excludes halogenated alkanes) is 17. The summed E-state index contributed by atoms with van der Waals surface area (Å²) in [5.74, 6) is 0. The van der Waals surface area contributed by atoms with Crippen LogP contribution in [0.3, 0.4) is 0 Å². The number of likely N-dealkylation sites (N-methyl/N-ethyl adjacent to an activating group) is 1. The van der Waals surface area contributed by atoms with Crippen LogP contribution in [0.15, 0.2) is 12.2 Å². The van der Waals surface area contributed by atoms with Crippen LogP contribution in [0.4, 0.5) is 0 Å². The molecule has 34 heavy (non-hydrogen) atoms. The lowest BCUT2D eigenvalue weighted by atomic mass is 10.1. The maximum atomic E-state index is 6.24. The SMILES string of the molecule is CCCCCCCCC=CCCCCCCCCOC1CN(C)CC1OCCCCCCCC. The summed E-state index contributed by atoms with van der Waals surface area (Å²) in [7, 11) is 2.19. The quantitative estimate of drug-likeness (QED) is 0.0962. The van der Waals surface area contributed by atoms with Gasteiger partial charge >= 0.3 is 0 Å². The first-order valence-electron chi connectivity index (χ1n) is 15.3. The lowest BCUT2D eigenvalue weighted by Gasteiger charge is -2.20. The molecule has 0 aromatic rings. The van der Waals surface area contributed by atoms with Crippen molar-refractivity contribution < 1.29 is 9.47 Å². The van der Waals surface area contributed by atoms with Crippen molar-refractivity contribution in [3.8, 4) is 0 Å². The summed E-state index contributed by atoms with van der Waals surface area (Å²) in [6.45, 7) is 8.41. The molecule has 1 rings (SSSR count). The Balaban J connectivity index is 1.89. The van der Waals surface area contributed by atoms with Gasteiger partial charge in [0.2, 0.25) is 0 Å². The van der Waals surface area contributed by atoms with Crippen molar-refractivity contribution in [2.75, 3.05) is 33.4 Å². The highest BCUT2D eigenvalue weighted by molar-refractivity contribution is 4.84. The molecule has 0 bridgehead atoms. The van der Waals surface area contributed by atoms with Crippen LogP contribution >= 0.6 is 0 Å². The molecule has 0 aromatic carbocycles. The summed E-state index contributed by atoms with van der Waals surface area (Å²) in [5, 5.41) is 0. The van der Waals surface area contributed by atoms with Gasteiger partial charge in [-0.3, -0.25) is 0 Å². The minimum Gasteiger partial charge on any atom is -0.374 e. The largest absolute Gasteiger partial charge is 0.374 e. The maximum Gasteiger partial charge on any atom is 0.0975 e. The topological polar surface area (TPSA) is 21.7 Å². The van der Waals surface area contributed by atoms with Gasteiger partial charge in [0, 0.05) is 26.3 Å². The molecule has 0 saturated carbocycles. The molecule has 2 unspecified atom stereocenters. The third-order valence-corrected chi connectivity index (χ3v) is 7.22. The second-order valence-electron chi connectivity index (χ2n) is 10.7. The lowest BCUT2D eigenvalue weighted by molar-refractivity contribution is -0.0481. The fraction of sp³-hybridized carbons (Fsp3) is 0.935. The molecule has 2 atom stereocenters. The van der Waals surface area contributed by atoms with Gasteiger partial charge in [0.1, 0.15) is 0 Å². The van der Waals surface area contributed by atoms with E-state index in [1.165, 1.54) is 128 Å². The van der Waals surface area contributed by atoms with Gasteiger partial charge < -0.3 is 14.4 Å². The predicted octanol–water partition coefficient (Wildman–Crippen LogP) is 9.10. The van der Waals surface area contributed by atoms with E-state index in [4.69, 9.17) is 9.47 Å². The number of likely N-dealkylation sites (tertiary alicyclic amines) is 1. The Morgan fingerprint density at radius 3 is 1.29 bits per heavy atom. The molecule has 0 radical (unpaired) electrons. The Bertz CT molecular complexity index is 439. The Kier molecular flexibility index (Phi) is 22.6. The van der Waals surface area contributed by atoms with E-state index in [-0.39, 0.29) is 12.2 Å². The van der Waals surface area contributed by atoms with Crippen molar-refractivity contribution in [1.82, 2.24) is 4.90 Å². The Hall–Kier alpha value is -0.380. The third kappa shape index (κ3) is 18.9. The minimum atomic E-state index is 0.271. The molecule has 0 amide bonds. The van der Waals surface area contributed by atoms with Crippen molar-refractivity contribution >= 4 is 0 Å². The molecule has 1 heterocycles. The molecular weight excluding hydrogens is 418 g/mol. The third-order valence-electron chi connectivity index (χ3n) is 7.22. The standard InChI is InChI=1S/C31H61NO2/c1-4-6-8-10-12-13-14-15-16-17-18-19-20-21-23-25-27-34-31-29-32(3)28-30(31)33-26-24-22-11-9-7-5-2/h15-16,30-31H,4-14,17-29H2,1-3H3. The minimum absolute atomic E-state index is 0.271. The van der Waals surface area contributed by atoms with Crippen LogP contribution in [0.5, 0.6) is 0 Å². The van der Waals surface area contributed by atoms with Crippen LogP contribution in [0.25, 0.3) is 0 Å². The van der Waals surface area contributed by atoms with Gasteiger partial charge in [-0.15, -0.1) is 0 Å². The van der Waals surface area contributed by atoms with Gasteiger partial charge in [0.15, 0.2) is 0 Å². The number of nitrogens with zero attached hydrogens (tertiary/aromatic N) is 1. The number of hydrogen-bond acceptors (Lipinski definition) is 3. The van der Waals surface area contributed by atoms with Crippen LogP contribution in [-0.2, 0) is 9.47 Å². The summed E-state index contributed by atoms with van der Waals surface area (Å²) < 4.78 is 12.4. The molecule has 202 valence electrons. The van der Waals surface area contributed by atoms with Crippen molar-refractivity contribution in [3.63, 3.8) is 0 Å². The molecule has 0 aromatic heterocycles. The van der Waals surface area contributed by atoms with Gasteiger partial charge in [-0.25, -0.2) is 0 Å². The van der Waals surface area contributed by atoms with Crippen LogP contribution in [0.1, 0.15) is 142 Å². The molecule has 1 aliphatic heterocycles. The van der Waals surface area contributed by atoms with Crippen molar-refractivity contribution in [3.05, 3.63) is 12.2 Å². The van der Waals surface area contributed by atoms with E-state index in [0.29, 0.717) is 0 Å². The van der Waals surface area contributed by atoms with Crippen molar-refractivity contribution in [2.45, 2.75) is 154 Å². The zero-order chi connectivity index (χ0) is 24.5. The molecule has 0 spiro atoms. The second kappa shape index (κ2) is 24.3. The van der Waals surface area contributed by atoms with Gasteiger partial charge in [-0.1, -0.05) is 116 Å². The summed E-state index contributed by atoms with van der Waals surface area (Å²) in [6.07, 6.45) is 32.3.